The number of hydrogen-bond donors (Lipinski definition) is 2. The van der Waals surface area contributed by atoms with Gasteiger partial charge in [-0.15, -0.1) is 0 Å². The second kappa shape index (κ2) is 6.51. The number of rotatable bonds is 4. The molecule has 1 atom stereocenters. The Morgan fingerprint density at radius 1 is 1.29 bits per heavy atom. The van der Waals surface area contributed by atoms with Crippen molar-refractivity contribution < 1.29 is 10.0 Å². The molecule has 2 rings (SSSR count). The van der Waals surface area contributed by atoms with Gasteiger partial charge in [-0.2, -0.15) is 0 Å². The molecule has 1 aromatic carbocycles. The van der Waals surface area contributed by atoms with E-state index in [4.69, 9.17) is 10.9 Å². The Morgan fingerprint density at radius 3 is 2.57 bits per heavy atom. The van der Waals surface area contributed by atoms with Gasteiger partial charge >= 0.3 is 0 Å². The molecule has 6 nitrogen and oxygen atoms in total. The number of amidine groups is 1. The quantitative estimate of drug-likeness (QED) is 0.386. The predicted octanol–water partition coefficient (Wildman–Crippen LogP) is 1.57. The minimum atomic E-state index is -0.846. The van der Waals surface area contributed by atoms with Crippen LogP contribution in [0.2, 0.25) is 0 Å². The third-order valence-electron chi connectivity index (χ3n) is 3.15. The van der Waals surface area contributed by atoms with Crippen molar-refractivity contribution in [3.8, 4) is 0 Å². The molecule has 0 aliphatic heterocycles. The Kier molecular flexibility index (Phi) is 4.50. The van der Waals surface area contributed by atoms with E-state index < -0.39 is 5.92 Å². The number of benzene rings is 1. The number of aromatic nitrogens is 1. The zero-order valence-corrected chi connectivity index (χ0v) is 11.5. The maximum Gasteiger partial charge on any atom is 0.242 e. The van der Waals surface area contributed by atoms with Crippen LogP contribution in [0.25, 0.3) is 0 Å². The predicted molar refractivity (Wildman–Crippen MR) is 80.2 cm³/mol. The fourth-order valence-electron chi connectivity index (χ4n) is 2.02. The van der Waals surface area contributed by atoms with Crippen molar-refractivity contribution in [2.45, 2.75) is 5.92 Å². The van der Waals surface area contributed by atoms with Gasteiger partial charge in [-0.05, 0) is 17.7 Å². The highest BCUT2D eigenvalue weighted by Gasteiger charge is 2.28. The van der Waals surface area contributed by atoms with Crippen molar-refractivity contribution in [1.29, 1.82) is 0 Å². The summed E-state index contributed by atoms with van der Waals surface area (Å²) in [6, 6.07) is 12.4. The number of pyridine rings is 1. The van der Waals surface area contributed by atoms with Gasteiger partial charge in [-0.1, -0.05) is 35.5 Å². The number of amides is 1. The second-order valence-electron chi connectivity index (χ2n) is 4.48. The van der Waals surface area contributed by atoms with Gasteiger partial charge in [0.25, 0.3) is 0 Å². The normalized spacial score (nSPS) is 12.7. The SMILES string of the molecule is CN(C(=O)C(C(N)=NO)c1ccccc1)c1cccnc1. The van der Waals surface area contributed by atoms with Gasteiger partial charge in [0.05, 0.1) is 11.9 Å². The minimum Gasteiger partial charge on any atom is -0.409 e. The first-order valence-electron chi connectivity index (χ1n) is 6.35. The third-order valence-corrected chi connectivity index (χ3v) is 3.15. The van der Waals surface area contributed by atoms with E-state index in [1.165, 1.54) is 4.90 Å². The van der Waals surface area contributed by atoms with Crippen LogP contribution in [0.15, 0.2) is 60.0 Å². The first-order chi connectivity index (χ1) is 10.1. The van der Waals surface area contributed by atoms with Crippen LogP contribution in [0.3, 0.4) is 0 Å². The lowest BCUT2D eigenvalue weighted by molar-refractivity contribution is -0.118. The highest BCUT2D eigenvalue weighted by molar-refractivity contribution is 6.13. The molecule has 0 fully saturated rings. The molecule has 1 aromatic heterocycles. The minimum absolute atomic E-state index is 0.151. The molecule has 3 N–H and O–H groups in total. The van der Waals surface area contributed by atoms with Crippen LogP contribution in [0.4, 0.5) is 5.69 Å². The van der Waals surface area contributed by atoms with Gasteiger partial charge in [-0.25, -0.2) is 0 Å². The molecule has 0 saturated heterocycles. The molecule has 0 bridgehead atoms. The third kappa shape index (κ3) is 3.17. The number of anilines is 1. The van der Waals surface area contributed by atoms with E-state index in [0.29, 0.717) is 11.3 Å². The summed E-state index contributed by atoms with van der Waals surface area (Å²) >= 11 is 0. The summed E-state index contributed by atoms with van der Waals surface area (Å²) in [6.45, 7) is 0. The number of carbonyl (C=O) groups excluding carboxylic acids is 1. The van der Waals surface area contributed by atoms with Crippen molar-refractivity contribution in [3.63, 3.8) is 0 Å². The first-order valence-corrected chi connectivity index (χ1v) is 6.35. The Bertz CT molecular complexity index is 629. The maximum atomic E-state index is 12.7. The highest BCUT2D eigenvalue weighted by atomic mass is 16.4. The van der Waals surface area contributed by atoms with E-state index in [0.717, 1.165) is 0 Å². The summed E-state index contributed by atoms with van der Waals surface area (Å²) < 4.78 is 0. The zero-order chi connectivity index (χ0) is 15.2. The van der Waals surface area contributed by atoms with E-state index in [9.17, 15) is 4.79 Å². The van der Waals surface area contributed by atoms with Crippen LogP contribution in [0.1, 0.15) is 11.5 Å². The van der Waals surface area contributed by atoms with Gasteiger partial charge in [0.1, 0.15) is 5.92 Å². The summed E-state index contributed by atoms with van der Waals surface area (Å²) in [5, 5.41) is 11.9. The summed E-state index contributed by atoms with van der Waals surface area (Å²) in [4.78, 5) is 18.1. The van der Waals surface area contributed by atoms with E-state index >= 15 is 0 Å². The lowest BCUT2D eigenvalue weighted by atomic mass is 9.96. The Labute approximate surface area is 122 Å². The van der Waals surface area contributed by atoms with E-state index in [-0.39, 0.29) is 11.7 Å². The van der Waals surface area contributed by atoms with Gasteiger partial charge in [0, 0.05) is 13.2 Å². The molecule has 108 valence electrons. The highest BCUT2D eigenvalue weighted by Crippen LogP contribution is 2.21. The summed E-state index contributed by atoms with van der Waals surface area (Å²) in [6.07, 6.45) is 3.20. The number of carbonyl (C=O) groups is 1. The van der Waals surface area contributed by atoms with Crippen molar-refractivity contribution in [1.82, 2.24) is 4.98 Å². The Morgan fingerprint density at radius 2 is 2.00 bits per heavy atom. The number of nitrogens with two attached hydrogens (primary N) is 1. The monoisotopic (exact) mass is 284 g/mol. The lowest BCUT2D eigenvalue weighted by Gasteiger charge is -2.23. The maximum absolute atomic E-state index is 12.7. The molecular weight excluding hydrogens is 268 g/mol. The van der Waals surface area contributed by atoms with Crippen molar-refractivity contribution in [3.05, 3.63) is 60.4 Å². The van der Waals surface area contributed by atoms with Gasteiger partial charge < -0.3 is 15.8 Å². The van der Waals surface area contributed by atoms with Crippen LogP contribution in [0, 0.1) is 0 Å². The summed E-state index contributed by atoms with van der Waals surface area (Å²) in [7, 11) is 1.62. The van der Waals surface area contributed by atoms with Crippen LogP contribution in [-0.4, -0.2) is 29.0 Å². The van der Waals surface area contributed by atoms with Crippen LogP contribution in [0.5, 0.6) is 0 Å². The summed E-state index contributed by atoms with van der Waals surface area (Å²) in [5.74, 6) is -1.30. The van der Waals surface area contributed by atoms with Gasteiger partial charge in [-0.3, -0.25) is 9.78 Å². The van der Waals surface area contributed by atoms with Crippen LogP contribution >= 0.6 is 0 Å². The van der Waals surface area contributed by atoms with E-state index in [2.05, 4.69) is 10.1 Å². The van der Waals surface area contributed by atoms with Crippen LogP contribution in [-0.2, 0) is 4.79 Å². The summed E-state index contributed by atoms with van der Waals surface area (Å²) in [5.41, 5.74) is 7.00. The van der Waals surface area contributed by atoms with Crippen molar-refractivity contribution >= 4 is 17.4 Å². The van der Waals surface area contributed by atoms with Gasteiger partial charge in [0.2, 0.25) is 5.91 Å². The average Bonchev–Trinajstić information content (AvgIpc) is 2.55. The standard InChI is InChI=1S/C15H16N4O2/c1-19(12-8-5-9-17-10-12)15(20)13(14(16)18-21)11-6-3-2-4-7-11/h2-10,13,21H,1H3,(H2,16,18). The first kappa shape index (κ1) is 14.5. The molecule has 0 spiro atoms. The Balaban J connectivity index is 2.36. The molecule has 0 aliphatic rings. The molecule has 2 aromatic rings. The lowest BCUT2D eigenvalue weighted by Crippen LogP contribution is -2.38. The second-order valence-corrected chi connectivity index (χ2v) is 4.48. The Hall–Kier alpha value is -2.89. The van der Waals surface area contributed by atoms with Crippen molar-refractivity contribution in [2.75, 3.05) is 11.9 Å². The molecule has 1 amide bonds. The van der Waals surface area contributed by atoms with Crippen LogP contribution < -0.4 is 10.6 Å². The molecule has 6 heteroatoms. The molecular formula is C15H16N4O2. The molecule has 1 unspecified atom stereocenters. The molecule has 0 radical (unpaired) electrons. The number of likely N-dealkylation sites (N-methyl/N-ethyl adjacent to an activating group) is 1. The molecule has 1 heterocycles. The number of nitrogens with zero attached hydrogens (tertiary/aromatic N) is 3. The van der Waals surface area contributed by atoms with E-state index in [1.807, 2.05) is 6.07 Å². The van der Waals surface area contributed by atoms with E-state index in [1.54, 1.807) is 55.8 Å². The zero-order valence-electron chi connectivity index (χ0n) is 11.5. The van der Waals surface area contributed by atoms with Gasteiger partial charge in [0.15, 0.2) is 5.84 Å². The average molecular weight is 284 g/mol. The smallest absolute Gasteiger partial charge is 0.242 e. The molecule has 21 heavy (non-hydrogen) atoms. The fraction of sp³-hybridized carbons (Fsp3) is 0.133. The number of hydrogen-bond acceptors (Lipinski definition) is 4. The van der Waals surface area contributed by atoms with Crippen molar-refractivity contribution in [2.24, 2.45) is 10.9 Å². The fourth-order valence-corrected chi connectivity index (χ4v) is 2.02. The molecule has 0 aliphatic carbocycles. The topological polar surface area (TPSA) is 91.8 Å². The molecule has 0 saturated carbocycles. The largest absolute Gasteiger partial charge is 0.409 e. The number of oxime groups is 1.